The average molecular weight is 175 g/mol. The first kappa shape index (κ1) is 9.27. The molecule has 1 rings (SSSR count). The van der Waals surface area contributed by atoms with Crippen LogP contribution in [-0.4, -0.2) is 10.9 Å². The van der Waals surface area contributed by atoms with E-state index in [4.69, 9.17) is 10.4 Å². The van der Waals surface area contributed by atoms with Crippen molar-refractivity contribution < 1.29 is 9.90 Å². The van der Waals surface area contributed by atoms with Crippen LogP contribution in [0.3, 0.4) is 0 Å². The van der Waals surface area contributed by atoms with Crippen LogP contribution in [0.2, 0.25) is 0 Å². The molecule has 0 heterocycles. The molecule has 0 fully saturated rings. The number of phenols is 1. The molecule has 0 unspecified atom stereocenters. The third-order valence-corrected chi connectivity index (χ3v) is 1.69. The van der Waals surface area contributed by atoms with E-state index in [1.54, 1.807) is 6.92 Å². The molecule has 0 saturated heterocycles. The molecule has 1 aromatic carbocycles. The van der Waals surface area contributed by atoms with Gasteiger partial charge in [-0.25, -0.2) is 0 Å². The van der Waals surface area contributed by atoms with Gasteiger partial charge in [0, 0.05) is 12.0 Å². The van der Waals surface area contributed by atoms with Crippen molar-refractivity contribution in [2.75, 3.05) is 0 Å². The molecule has 0 bridgehead atoms. The molecule has 0 aromatic heterocycles. The highest BCUT2D eigenvalue weighted by molar-refractivity contribution is 5.96. The van der Waals surface area contributed by atoms with Crippen molar-refractivity contribution in [2.24, 2.45) is 0 Å². The number of carbonyl (C=O) groups excluding carboxylic acids is 1. The SMILES string of the molecule is CCC(=O)c1cc(O)cc(C#N)c1. The lowest BCUT2D eigenvalue weighted by Crippen LogP contribution is -1.96. The summed E-state index contributed by atoms with van der Waals surface area (Å²) in [6, 6.07) is 6.05. The molecule has 1 aromatic rings. The van der Waals surface area contributed by atoms with Gasteiger partial charge >= 0.3 is 0 Å². The number of rotatable bonds is 2. The van der Waals surface area contributed by atoms with E-state index in [9.17, 15) is 4.79 Å². The van der Waals surface area contributed by atoms with Crippen molar-refractivity contribution in [3.8, 4) is 11.8 Å². The molecular formula is C10H9NO2. The zero-order valence-electron chi connectivity index (χ0n) is 7.24. The number of aromatic hydroxyl groups is 1. The summed E-state index contributed by atoms with van der Waals surface area (Å²) in [6.45, 7) is 1.73. The van der Waals surface area contributed by atoms with Gasteiger partial charge in [-0.1, -0.05) is 6.92 Å². The maximum Gasteiger partial charge on any atom is 0.162 e. The Hall–Kier alpha value is -1.82. The van der Waals surface area contributed by atoms with Crippen LogP contribution >= 0.6 is 0 Å². The summed E-state index contributed by atoms with van der Waals surface area (Å²) >= 11 is 0. The summed E-state index contributed by atoms with van der Waals surface area (Å²) in [7, 11) is 0. The maximum atomic E-state index is 11.2. The first-order valence-electron chi connectivity index (χ1n) is 3.94. The van der Waals surface area contributed by atoms with E-state index in [0.29, 0.717) is 17.5 Å². The average Bonchev–Trinajstić information content (AvgIpc) is 2.15. The number of ketones is 1. The van der Waals surface area contributed by atoms with E-state index in [1.165, 1.54) is 18.2 Å². The Morgan fingerprint density at radius 2 is 2.23 bits per heavy atom. The van der Waals surface area contributed by atoms with E-state index >= 15 is 0 Å². The summed E-state index contributed by atoms with van der Waals surface area (Å²) < 4.78 is 0. The maximum absolute atomic E-state index is 11.2. The third-order valence-electron chi connectivity index (χ3n) is 1.69. The van der Waals surface area contributed by atoms with Gasteiger partial charge < -0.3 is 5.11 Å². The van der Waals surface area contributed by atoms with Gasteiger partial charge in [-0.15, -0.1) is 0 Å². The van der Waals surface area contributed by atoms with Gasteiger partial charge in [0.05, 0.1) is 11.6 Å². The molecule has 3 nitrogen and oxygen atoms in total. The molecule has 3 heteroatoms. The second-order valence-corrected chi connectivity index (χ2v) is 2.66. The summed E-state index contributed by atoms with van der Waals surface area (Å²) in [5.74, 6) is -0.122. The standard InChI is InChI=1S/C10H9NO2/c1-2-10(13)8-3-7(6-11)4-9(12)5-8/h3-5,12H,2H2,1H3. The summed E-state index contributed by atoms with van der Waals surface area (Å²) in [5, 5.41) is 17.7. The Morgan fingerprint density at radius 3 is 2.77 bits per heavy atom. The van der Waals surface area contributed by atoms with E-state index in [2.05, 4.69) is 0 Å². The largest absolute Gasteiger partial charge is 0.508 e. The highest BCUT2D eigenvalue weighted by Gasteiger charge is 2.05. The zero-order chi connectivity index (χ0) is 9.84. The van der Waals surface area contributed by atoms with Gasteiger partial charge in [0.1, 0.15) is 5.75 Å². The second-order valence-electron chi connectivity index (χ2n) is 2.66. The fourth-order valence-electron chi connectivity index (χ4n) is 1.04. The van der Waals surface area contributed by atoms with Crippen molar-refractivity contribution in [2.45, 2.75) is 13.3 Å². The smallest absolute Gasteiger partial charge is 0.162 e. The van der Waals surface area contributed by atoms with Gasteiger partial charge in [0.25, 0.3) is 0 Å². The van der Waals surface area contributed by atoms with Crippen molar-refractivity contribution in [1.29, 1.82) is 5.26 Å². The number of nitriles is 1. The number of nitrogens with zero attached hydrogens (tertiary/aromatic N) is 1. The normalized spacial score (nSPS) is 9.23. The minimum Gasteiger partial charge on any atom is -0.508 e. The molecule has 0 aliphatic rings. The molecule has 0 radical (unpaired) electrons. The molecule has 0 aliphatic carbocycles. The number of Topliss-reactive ketones (excluding diaryl/α,β-unsaturated/α-hetero) is 1. The predicted octanol–water partition coefficient (Wildman–Crippen LogP) is 1.86. The molecule has 1 N–H and O–H groups in total. The first-order valence-corrected chi connectivity index (χ1v) is 3.94. The summed E-state index contributed by atoms with van der Waals surface area (Å²) in [5.41, 5.74) is 0.691. The monoisotopic (exact) mass is 175 g/mol. The fraction of sp³-hybridized carbons (Fsp3) is 0.200. The Balaban J connectivity index is 3.17. The van der Waals surface area contributed by atoms with Crippen LogP contribution in [0.25, 0.3) is 0 Å². The van der Waals surface area contributed by atoms with Gasteiger partial charge in [-0.2, -0.15) is 5.26 Å². The van der Waals surface area contributed by atoms with Crippen LogP contribution in [0.4, 0.5) is 0 Å². The first-order chi connectivity index (χ1) is 6.17. The fourth-order valence-corrected chi connectivity index (χ4v) is 1.04. The lowest BCUT2D eigenvalue weighted by Gasteiger charge is -1.99. The molecule has 0 spiro atoms. The molecule has 66 valence electrons. The van der Waals surface area contributed by atoms with Crippen molar-refractivity contribution in [3.05, 3.63) is 29.3 Å². The van der Waals surface area contributed by atoms with Gasteiger partial charge in [0.2, 0.25) is 0 Å². The number of benzene rings is 1. The Morgan fingerprint density at radius 1 is 1.54 bits per heavy atom. The lowest BCUT2D eigenvalue weighted by molar-refractivity contribution is 0.0987. The molecule has 0 saturated carbocycles. The van der Waals surface area contributed by atoms with Gasteiger partial charge in [-0.3, -0.25) is 4.79 Å². The zero-order valence-corrected chi connectivity index (χ0v) is 7.24. The summed E-state index contributed by atoms with van der Waals surface area (Å²) in [6.07, 6.45) is 0.369. The number of hydrogen-bond acceptors (Lipinski definition) is 3. The van der Waals surface area contributed by atoms with E-state index in [-0.39, 0.29) is 11.5 Å². The Labute approximate surface area is 76.2 Å². The molecule has 0 aliphatic heterocycles. The van der Waals surface area contributed by atoms with E-state index < -0.39 is 0 Å². The third kappa shape index (κ3) is 2.06. The van der Waals surface area contributed by atoms with Crippen LogP contribution in [0.1, 0.15) is 29.3 Å². The topological polar surface area (TPSA) is 61.1 Å². The highest BCUT2D eigenvalue weighted by Crippen LogP contribution is 2.16. The van der Waals surface area contributed by atoms with E-state index in [0.717, 1.165) is 0 Å². The minimum absolute atomic E-state index is 0.0455. The van der Waals surface area contributed by atoms with Crippen molar-refractivity contribution in [1.82, 2.24) is 0 Å². The van der Waals surface area contributed by atoms with Gasteiger partial charge in [0.15, 0.2) is 5.78 Å². The van der Waals surface area contributed by atoms with Crippen LogP contribution < -0.4 is 0 Å². The Bertz CT molecular complexity index is 377. The van der Waals surface area contributed by atoms with E-state index in [1.807, 2.05) is 6.07 Å². The van der Waals surface area contributed by atoms with Crippen LogP contribution in [0.15, 0.2) is 18.2 Å². The van der Waals surface area contributed by atoms with Crippen LogP contribution in [0, 0.1) is 11.3 Å². The van der Waals surface area contributed by atoms with Crippen molar-refractivity contribution in [3.63, 3.8) is 0 Å². The van der Waals surface area contributed by atoms with Gasteiger partial charge in [-0.05, 0) is 18.2 Å². The molecule has 13 heavy (non-hydrogen) atoms. The number of carbonyl (C=O) groups is 1. The number of phenolic OH excluding ortho intramolecular Hbond substituents is 1. The lowest BCUT2D eigenvalue weighted by atomic mass is 10.1. The molecular weight excluding hydrogens is 166 g/mol. The van der Waals surface area contributed by atoms with Crippen LogP contribution in [0.5, 0.6) is 5.75 Å². The Kier molecular flexibility index (Phi) is 2.65. The predicted molar refractivity (Wildman–Crippen MR) is 47.4 cm³/mol. The number of hydrogen-bond donors (Lipinski definition) is 1. The minimum atomic E-state index is -0.0765. The second kappa shape index (κ2) is 3.72. The molecule has 0 amide bonds. The summed E-state index contributed by atoms with van der Waals surface area (Å²) in [4.78, 5) is 11.2. The quantitative estimate of drug-likeness (QED) is 0.698. The molecule has 0 atom stereocenters. The van der Waals surface area contributed by atoms with Crippen molar-refractivity contribution >= 4 is 5.78 Å². The van der Waals surface area contributed by atoms with Crippen LogP contribution in [-0.2, 0) is 0 Å². The highest BCUT2D eigenvalue weighted by atomic mass is 16.3.